The zero-order chi connectivity index (χ0) is 17.4. The molecule has 0 aromatic heterocycles. The second-order valence-corrected chi connectivity index (χ2v) is 6.94. The Morgan fingerprint density at radius 1 is 1.40 bits per heavy atom. The summed E-state index contributed by atoms with van der Waals surface area (Å²) in [7, 11) is 0. The van der Waals surface area contributed by atoms with Crippen LogP contribution in [0.15, 0.2) is 59.5 Å². The molecule has 2 fully saturated rings. The highest BCUT2D eigenvalue weighted by Gasteiger charge is 2.46. The van der Waals surface area contributed by atoms with Crippen molar-refractivity contribution in [2.24, 2.45) is 4.99 Å². The van der Waals surface area contributed by atoms with E-state index in [1.807, 2.05) is 6.07 Å². The summed E-state index contributed by atoms with van der Waals surface area (Å²) in [4.78, 5) is 6.88. The van der Waals surface area contributed by atoms with Crippen molar-refractivity contribution < 1.29 is 4.39 Å². The van der Waals surface area contributed by atoms with Crippen LogP contribution in [0.2, 0.25) is 0 Å². The van der Waals surface area contributed by atoms with Gasteiger partial charge in [0.25, 0.3) is 0 Å². The van der Waals surface area contributed by atoms with E-state index in [9.17, 15) is 4.39 Å². The Kier molecular flexibility index (Phi) is 3.96. The smallest absolute Gasteiger partial charge is 0.139 e. The number of amidine groups is 1. The van der Waals surface area contributed by atoms with Crippen molar-refractivity contribution in [1.82, 2.24) is 15.5 Å². The molecule has 4 rings (SSSR count). The predicted molar refractivity (Wildman–Crippen MR) is 99.4 cm³/mol. The third kappa shape index (κ3) is 2.89. The number of hydrogen-bond acceptors (Lipinski definition) is 4. The minimum atomic E-state index is -0.229. The van der Waals surface area contributed by atoms with E-state index >= 15 is 0 Å². The summed E-state index contributed by atoms with van der Waals surface area (Å²) in [5.41, 5.74) is 3.78. The summed E-state index contributed by atoms with van der Waals surface area (Å²) in [5.74, 6) is 0.502. The van der Waals surface area contributed by atoms with Crippen LogP contribution in [0.3, 0.4) is 0 Å². The van der Waals surface area contributed by atoms with Crippen LogP contribution in [0.4, 0.5) is 4.39 Å². The second-order valence-electron chi connectivity index (χ2n) is 6.94. The van der Waals surface area contributed by atoms with Crippen LogP contribution in [-0.2, 0) is 0 Å². The molecule has 2 heterocycles. The molecule has 1 saturated heterocycles. The number of nitrogens with one attached hydrogen (secondary N) is 2. The molecule has 2 aliphatic heterocycles. The van der Waals surface area contributed by atoms with E-state index in [4.69, 9.17) is 0 Å². The third-order valence-electron chi connectivity index (χ3n) is 5.30. The summed E-state index contributed by atoms with van der Waals surface area (Å²) in [6.45, 7) is 8.77. The van der Waals surface area contributed by atoms with Crippen LogP contribution in [0.1, 0.15) is 25.3 Å². The fourth-order valence-electron chi connectivity index (χ4n) is 3.73. The van der Waals surface area contributed by atoms with E-state index in [2.05, 4.69) is 34.0 Å². The van der Waals surface area contributed by atoms with Gasteiger partial charge in [-0.2, -0.15) is 0 Å². The fourth-order valence-corrected chi connectivity index (χ4v) is 3.73. The van der Waals surface area contributed by atoms with Gasteiger partial charge in [-0.15, -0.1) is 0 Å². The van der Waals surface area contributed by atoms with Crippen LogP contribution in [0.5, 0.6) is 0 Å². The van der Waals surface area contributed by atoms with Gasteiger partial charge in [-0.1, -0.05) is 24.8 Å². The first kappa shape index (κ1) is 16.1. The van der Waals surface area contributed by atoms with Gasteiger partial charge in [-0.25, -0.2) is 9.38 Å². The van der Waals surface area contributed by atoms with E-state index in [0.29, 0.717) is 5.56 Å². The van der Waals surface area contributed by atoms with E-state index < -0.39 is 0 Å². The molecular formula is C20H23FN4. The van der Waals surface area contributed by atoms with Crippen molar-refractivity contribution in [2.45, 2.75) is 25.3 Å². The topological polar surface area (TPSA) is 39.7 Å². The van der Waals surface area contributed by atoms with E-state index in [1.165, 1.54) is 18.9 Å². The zero-order valence-electron chi connectivity index (χ0n) is 14.5. The predicted octanol–water partition coefficient (Wildman–Crippen LogP) is 3.02. The first-order valence-electron chi connectivity index (χ1n) is 8.75. The summed E-state index contributed by atoms with van der Waals surface area (Å²) < 4.78 is 14.4. The first-order chi connectivity index (χ1) is 12.1. The number of aliphatic imine (C=N–C) groups is 1. The maximum absolute atomic E-state index is 14.4. The minimum absolute atomic E-state index is 0.229. The molecule has 130 valence electrons. The van der Waals surface area contributed by atoms with E-state index in [-0.39, 0.29) is 11.4 Å². The average Bonchev–Trinajstić information content (AvgIpc) is 3.23. The molecule has 4 nitrogen and oxygen atoms in total. The maximum Gasteiger partial charge on any atom is 0.139 e. The van der Waals surface area contributed by atoms with Gasteiger partial charge >= 0.3 is 0 Å². The molecule has 1 aromatic rings. The molecule has 0 atom stereocenters. The SMILES string of the molecule is C=CNC1=NC=C(c2ccccc2F)/C1=C(/C)N1CCNC2(CC2)C1. The summed E-state index contributed by atoms with van der Waals surface area (Å²) >= 11 is 0. The molecule has 1 spiro atoms. The minimum Gasteiger partial charge on any atom is -0.371 e. The van der Waals surface area contributed by atoms with Crippen molar-refractivity contribution >= 4 is 11.4 Å². The highest BCUT2D eigenvalue weighted by molar-refractivity contribution is 6.16. The van der Waals surface area contributed by atoms with Gasteiger partial charge in [0.1, 0.15) is 11.7 Å². The number of hydrogen-bond donors (Lipinski definition) is 2. The Morgan fingerprint density at radius 3 is 2.92 bits per heavy atom. The average molecular weight is 338 g/mol. The lowest BCUT2D eigenvalue weighted by atomic mass is 9.96. The molecule has 1 aliphatic carbocycles. The fraction of sp³-hybridized carbons (Fsp3) is 0.350. The molecule has 0 radical (unpaired) electrons. The molecule has 2 N–H and O–H groups in total. The second kappa shape index (κ2) is 6.15. The highest BCUT2D eigenvalue weighted by atomic mass is 19.1. The Morgan fingerprint density at radius 2 is 2.20 bits per heavy atom. The zero-order valence-corrected chi connectivity index (χ0v) is 14.5. The van der Waals surface area contributed by atoms with Crippen LogP contribution < -0.4 is 10.6 Å². The van der Waals surface area contributed by atoms with E-state index in [1.54, 1.807) is 24.5 Å². The number of nitrogens with zero attached hydrogens (tertiary/aromatic N) is 2. The van der Waals surface area contributed by atoms with Gasteiger partial charge in [-0.05, 0) is 32.0 Å². The number of allylic oxidation sites excluding steroid dienone is 1. The number of rotatable bonds is 3. The molecule has 1 saturated carbocycles. The first-order valence-corrected chi connectivity index (χ1v) is 8.75. The quantitative estimate of drug-likeness (QED) is 0.890. The number of benzene rings is 1. The lowest BCUT2D eigenvalue weighted by Crippen LogP contribution is -2.52. The molecule has 0 unspecified atom stereocenters. The van der Waals surface area contributed by atoms with Gasteiger partial charge in [0, 0.05) is 53.8 Å². The Hall–Kier alpha value is -2.40. The van der Waals surface area contributed by atoms with Crippen LogP contribution in [-0.4, -0.2) is 35.9 Å². The molecule has 0 amide bonds. The van der Waals surface area contributed by atoms with Gasteiger partial charge < -0.3 is 15.5 Å². The molecule has 25 heavy (non-hydrogen) atoms. The Bertz CT molecular complexity index is 802. The lowest BCUT2D eigenvalue weighted by molar-refractivity contribution is 0.234. The Balaban J connectivity index is 1.73. The molecular weight excluding hydrogens is 315 g/mol. The van der Waals surface area contributed by atoms with Gasteiger partial charge in [-0.3, -0.25) is 0 Å². The van der Waals surface area contributed by atoms with Crippen molar-refractivity contribution in [3.8, 4) is 0 Å². The van der Waals surface area contributed by atoms with Crippen LogP contribution in [0, 0.1) is 5.82 Å². The number of piperazine rings is 1. The summed E-state index contributed by atoms with van der Waals surface area (Å²) in [6, 6.07) is 6.86. The number of halogens is 1. The standard InChI is InChI=1S/C20H23FN4/c1-3-22-19-18(14(2)25-11-10-24-20(13-25)8-9-20)16(12-23-19)15-6-4-5-7-17(15)21/h3-7,12,24H,1,8-11,13H2,2H3,(H,22,23)/b18-14+. The van der Waals surface area contributed by atoms with Crippen LogP contribution in [0.25, 0.3) is 5.57 Å². The maximum atomic E-state index is 14.4. The normalized spacial score (nSPS) is 23.2. The van der Waals surface area contributed by atoms with Crippen molar-refractivity contribution in [2.75, 3.05) is 19.6 Å². The van der Waals surface area contributed by atoms with Gasteiger partial charge in [0.2, 0.25) is 0 Å². The van der Waals surface area contributed by atoms with Crippen molar-refractivity contribution in [3.63, 3.8) is 0 Å². The summed E-state index contributed by atoms with van der Waals surface area (Å²) in [5, 5.41) is 6.74. The third-order valence-corrected chi connectivity index (χ3v) is 5.30. The summed E-state index contributed by atoms with van der Waals surface area (Å²) in [6.07, 6.45) is 5.82. The highest BCUT2D eigenvalue weighted by Crippen LogP contribution is 2.40. The largest absolute Gasteiger partial charge is 0.371 e. The Labute approximate surface area is 147 Å². The van der Waals surface area contributed by atoms with Crippen LogP contribution >= 0.6 is 0 Å². The molecule has 0 bridgehead atoms. The molecule has 1 aromatic carbocycles. The molecule has 5 heteroatoms. The monoisotopic (exact) mass is 338 g/mol. The van der Waals surface area contributed by atoms with Gasteiger partial charge in [0.05, 0.1) is 0 Å². The van der Waals surface area contributed by atoms with Crippen molar-refractivity contribution in [3.05, 3.63) is 65.9 Å². The van der Waals surface area contributed by atoms with Gasteiger partial charge in [0.15, 0.2) is 0 Å². The molecule has 3 aliphatic rings. The van der Waals surface area contributed by atoms with E-state index in [0.717, 1.165) is 42.3 Å². The lowest BCUT2D eigenvalue weighted by Gasteiger charge is -2.37. The van der Waals surface area contributed by atoms with Crippen molar-refractivity contribution in [1.29, 1.82) is 0 Å².